The van der Waals surface area contributed by atoms with E-state index in [2.05, 4.69) is 22.4 Å². The molecule has 1 aromatic carbocycles. The first-order valence-corrected chi connectivity index (χ1v) is 3.60. The monoisotopic (exact) mass is 183 g/mol. The summed E-state index contributed by atoms with van der Waals surface area (Å²) < 4.78 is 17.7. The van der Waals surface area contributed by atoms with Crippen molar-refractivity contribution in [3.8, 4) is 5.75 Å². The first-order valence-electron chi connectivity index (χ1n) is 3.19. The van der Waals surface area contributed by atoms with Crippen LogP contribution < -0.4 is 4.74 Å². The first-order chi connectivity index (χ1) is 5.77. The maximum atomic E-state index is 12.9. The fourth-order valence-corrected chi connectivity index (χ4v) is 0.853. The Bertz CT molecular complexity index is 334. The molecule has 1 aromatic rings. The van der Waals surface area contributed by atoms with Crippen molar-refractivity contribution in [3.63, 3.8) is 0 Å². The molecule has 0 fully saturated rings. The highest BCUT2D eigenvalue weighted by Gasteiger charge is 2.00. The van der Waals surface area contributed by atoms with Gasteiger partial charge in [-0.3, -0.25) is 0 Å². The highest BCUT2D eigenvalue weighted by Crippen LogP contribution is 2.22. The van der Waals surface area contributed by atoms with Crippen molar-refractivity contribution in [1.29, 1.82) is 0 Å². The van der Waals surface area contributed by atoms with Crippen LogP contribution in [-0.4, -0.2) is 12.3 Å². The van der Waals surface area contributed by atoms with E-state index in [1.807, 2.05) is 0 Å². The maximum absolute atomic E-state index is 12.9. The van der Waals surface area contributed by atoms with Crippen molar-refractivity contribution in [2.45, 2.75) is 0 Å². The minimum absolute atomic E-state index is 0.143. The predicted molar refractivity (Wildman–Crippen MR) is 47.6 cm³/mol. The number of benzene rings is 1. The zero-order valence-electron chi connectivity index (χ0n) is 6.37. The molecular formula is C8H6FNOS. The summed E-state index contributed by atoms with van der Waals surface area (Å²) >= 11 is 4.35. The van der Waals surface area contributed by atoms with Crippen molar-refractivity contribution in [3.05, 3.63) is 24.0 Å². The van der Waals surface area contributed by atoms with E-state index in [1.165, 1.54) is 25.3 Å². The fourth-order valence-electron chi connectivity index (χ4n) is 0.754. The number of hydrogen-bond donors (Lipinski definition) is 0. The molecule has 62 valence electrons. The summed E-state index contributed by atoms with van der Waals surface area (Å²) in [6, 6.07) is 4.23. The SMILES string of the molecule is COc1ccc(F)c(N=C=S)c1. The molecule has 1 rings (SSSR count). The molecule has 2 nitrogen and oxygen atoms in total. The molecule has 0 aromatic heterocycles. The largest absolute Gasteiger partial charge is 0.497 e. The summed E-state index contributed by atoms with van der Waals surface area (Å²) in [7, 11) is 1.50. The van der Waals surface area contributed by atoms with Crippen molar-refractivity contribution in [2.24, 2.45) is 4.99 Å². The first kappa shape index (κ1) is 8.84. The van der Waals surface area contributed by atoms with Gasteiger partial charge in [-0.1, -0.05) is 0 Å². The Balaban J connectivity index is 3.16. The van der Waals surface area contributed by atoms with Crippen LogP contribution in [0.25, 0.3) is 0 Å². The molecule has 0 unspecified atom stereocenters. The Kier molecular flexibility index (Phi) is 2.91. The van der Waals surface area contributed by atoms with Crippen LogP contribution in [0.15, 0.2) is 23.2 Å². The number of ether oxygens (including phenoxy) is 1. The zero-order chi connectivity index (χ0) is 8.97. The lowest BCUT2D eigenvalue weighted by Gasteiger charge is -1.99. The molecule has 0 spiro atoms. The van der Waals surface area contributed by atoms with Crippen LogP contribution in [0.1, 0.15) is 0 Å². The van der Waals surface area contributed by atoms with Gasteiger partial charge in [-0.2, -0.15) is 4.99 Å². The van der Waals surface area contributed by atoms with Crippen LogP contribution in [0.4, 0.5) is 10.1 Å². The lowest BCUT2D eigenvalue weighted by molar-refractivity contribution is 0.414. The van der Waals surface area contributed by atoms with Gasteiger partial charge in [0, 0.05) is 6.07 Å². The molecule has 0 atom stereocenters. The van der Waals surface area contributed by atoms with Gasteiger partial charge in [0.2, 0.25) is 0 Å². The van der Waals surface area contributed by atoms with Gasteiger partial charge in [0.1, 0.15) is 17.3 Å². The van der Waals surface area contributed by atoms with Crippen LogP contribution in [0.2, 0.25) is 0 Å². The second-order valence-electron chi connectivity index (χ2n) is 2.02. The second kappa shape index (κ2) is 3.95. The molecule has 0 aliphatic heterocycles. The molecule has 12 heavy (non-hydrogen) atoms. The summed E-state index contributed by atoms with van der Waals surface area (Å²) in [6.45, 7) is 0. The molecule has 0 bridgehead atoms. The van der Waals surface area contributed by atoms with Gasteiger partial charge < -0.3 is 4.74 Å². The van der Waals surface area contributed by atoms with E-state index in [0.29, 0.717) is 5.75 Å². The van der Waals surface area contributed by atoms with E-state index in [4.69, 9.17) is 4.74 Å². The number of nitrogens with zero attached hydrogens (tertiary/aromatic N) is 1. The fraction of sp³-hybridized carbons (Fsp3) is 0.125. The van der Waals surface area contributed by atoms with E-state index in [-0.39, 0.29) is 5.69 Å². The number of rotatable bonds is 2. The quantitative estimate of drug-likeness (QED) is 0.519. The van der Waals surface area contributed by atoms with Gasteiger partial charge in [-0.25, -0.2) is 4.39 Å². The Morgan fingerprint density at radius 3 is 2.92 bits per heavy atom. The van der Waals surface area contributed by atoms with Gasteiger partial charge in [-0.05, 0) is 24.4 Å². The Hall–Kier alpha value is -1.25. The third kappa shape index (κ3) is 1.87. The normalized spacial score (nSPS) is 8.83. The molecule has 0 aliphatic carbocycles. The van der Waals surface area contributed by atoms with Gasteiger partial charge in [0.25, 0.3) is 0 Å². The number of halogens is 1. The molecule has 0 radical (unpaired) electrons. The van der Waals surface area contributed by atoms with Crippen molar-refractivity contribution in [1.82, 2.24) is 0 Å². The highest BCUT2D eigenvalue weighted by molar-refractivity contribution is 7.78. The van der Waals surface area contributed by atoms with Crippen molar-refractivity contribution in [2.75, 3.05) is 7.11 Å². The van der Waals surface area contributed by atoms with E-state index < -0.39 is 5.82 Å². The summed E-state index contributed by atoms with van der Waals surface area (Å²) in [5.41, 5.74) is 0.143. The lowest BCUT2D eigenvalue weighted by Crippen LogP contribution is -1.83. The minimum atomic E-state index is -0.437. The number of thiocarbonyl (C=S) groups is 1. The molecule has 0 saturated heterocycles. The van der Waals surface area contributed by atoms with Crippen LogP contribution in [0.5, 0.6) is 5.75 Å². The lowest BCUT2D eigenvalue weighted by atomic mass is 10.3. The Morgan fingerprint density at radius 2 is 2.33 bits per heavy atom. The Labute approximate surface area is 74.7 Å². The van der Waals surface area contributed by atoms with Crippen molar-refractivity contribution < 1.29 is 9.13 Å². The van der Waals surface area contributed by atoms with Crippen LogP contribution in [0, 0.1) is 5.82 Å². The Morgan fingerprint density at radius 1 is 1.58 bits per heavy atom. The average molecular weight is 183 g/mol. The van der Waals surface area contributed by atoms with E-state index in [9.17, 15) is 4.39 Å². The van der Waals surface area contributed by atoms with E-state index >= 15 is 0 Å². The second-order valence-corrected chi connectivity index (χ2v) is 2.20. The maximum Gasteiger partial charge on any atom is 0.149 e. The van der Waals surface area contributed by atoms with Gasteiger partial charge in [0.15, 0.2) is 0 Å². The zero-order valence-corrected chi connectivity index (χ0v) is 7.19. The summed E-state index contributed by atoms with van der Waals surface area (Å²) in [6.07, 6.45) is 0. The topological polar surface area (TPSA) is 21.6 Å². The molecule has 0 saturated carbocycles. The molecule has 0 heterocycles. The summed E-state index contributed by atoms with van der Waals surface area (Å²) in [5.74, 6) is 0.105. The molecule has 4 heteroatoms. The standard InChI is InChI=1S/C8H6FNOS/c1-11-6-2-3-7(9)8(4-6)10-5-12/h2-4H,1H3. The summed E-state index contributed by atoms with van der Waals surface area (Å²) in [4.78, 5) is 3.52. The number of isothiocyanates is 1. The van der Waals surface area contributed by atoms with Gasteiger partial charge >= 0.3 is 0 Å². The molecule has 0 N–H and O–H groups in total. The molecule has 0 amide bonds. The van der Waals surface area contributed by atoms with Crippen LogP contribution >= 0.6 is 12.2 Å². The minimum Gasteiger partial charge on any atom is -0.497 e. The number of aliphatic imine (C=N–C) groups is 1. The van der Waals surface area contributed by atoms with E-state index in [0.717, 1.165) is 0 Å². The van der Waals surface area contributed by atoms with Crippen molar-refractivity contribution >= 4 is 23.1 Å². The highest BCUT2D eigenvalue weighted by atomic mass is 32.1. The number of hydrogen-bond acceptors (Lipinski definition) is 3. The molecule has 0 aliphatic rings. The van der Waals surface area contributed by atoms with Crippen LogP contribution in [-0.2, 0) is 0 Å². The van der Waals surface area contributed by atoms with Crippen LogP contribution in [0.3, 0.4) is 0 Å². The van der Waals surface area contributed by atoms with Gasteiger partial charge in [-0.15, -0.1) is 0 Å². The predicted octanol–water partition coefficient (Wildman–Crippen LogP) is 2.57. The molecular weight excluding hydrogens is 177 g/mol. The third-order valence-corrected chi connectivity index (χ3v) is 1.41. The third-order valence-electron chi connectivity index (χ3n) is 1.32. The average Bonchev–Trinajstić information content (AvgIpc) is 2.09. The van der Waals surface area contributed by atoms with Gasteiger partial charge in [0.05, 0.1) is 12.3 Å². The smallest absolute Gasteiger partial charge is 0.149 e. The number of methoxy groups -OCH3 is 1. The van der Waals surface area contributed by atoms with E-state index in [1.54, 1.807) is 0 Å². The summed E-state index contributed by atoms with van der Waals surface area (Å²) in [5, 5.41) is 2.09.